The van der Waals surface area contributed by atoms with E-state index in [1.54, 1.807) is 42.1 Å². The van der Waals surface area contributed by atoms with Crippen molar-refractivity contribution in [2.75, 3.05) is 14.2 Å². The molecule has 2 heterocycles. The Morgan fingerprint density at radius 3 is 2.48 bits per heavy atom. The zero-order valence-corrected chi connectivity index (χ0v) is 15.5. The van der Waals surface area contributed by atoms with Gasteiger partial charge in [-0.1, -0.05) is 23.2 Å². The van der Waals surface area contributed by atoms with Crippen molar-refractivity contribution in [1.82, 2.24) is 9.55 Å². The molecule has 0 amide bonds. The molecule has 130 valence electrons. The Morgan fingerprint density at radius 2 is 1.84 bits per heavy atom. The first-order chi connectivity index (χ1) is 12.0. The van der Waals surface area contributed by atoms with Crippen LogP contribution in [0.1, 0.15) is 6.92 Å². The second kappa shape index (κ2) is 6.94. The number of halogens is 2. The van der Waals surface area contributed by atoms with Crippen LogP contribution in [0.2, 0.25) is 10.2 Å². The minimum absolute atomic E-state index is 0.172. The number of hydrogen-bond donors (Lipinski definition) is 0. The highest BCUT2D eigenvalue weighted by Crippen LogP contribution is 2.38. The van der Waals surface area contributed by atoms with Crippen molar-refractivity contribution in [3.8, 4) is 22.6 Å². The van der Waals surface area contributed by atoms with Crippen LogP contribution < -0.4 is 15.0 Å². The van der Waals surface area contributed by atoms with E-state index in [9.17, 15) is 4.79 Å². The minimum Gasteiger partial charge on any atom is -0.497 e. The Bertz CT molecular complexity index is 1020. The Labute approximate surface area is 154 Å². The number of benzene rings is 1. The van der Waals surface area contributed by atoms with Crippen molar-refractivity contribution < 1.29 is 9.47 Å². The number of nitrogens with zero attached hydrogens (tertiary/aromatic N) is 2. The molecule has 3 aromatic rings. The van der Waals surface area contributed by atoms with Crippen molar-refractivity contribution in [3.05, 3.63) is 51.0 Å². The summed E-state index contributed by atoms with van der Waals surface area (Å²) in [7, 11) is 3.06. The predicted molar refractivity (Wildman–Crippen MR) is 100 cm³/mol. The fraction of sp³-hybridized carbons (Fsp3) is 0.222. The zero-order valence-electron chi connectivity index (χ0n) is 14.0. The summed E-state index contributed by atoms with van der Waals surface area (Å²) in [5, 5.41) is 1.48. The lowest BCUT2D eigenvalue weighted by atomic mass is 10.0. The number of rotatable bonds is 4. The molecule has 0 saturated heterocycles. The van der Waals surface area contributed by atoms with Gasteiger partial charge < -0.3 is 14.0 Å². The third-order valence-corrected chi connectivity index (χ3v) is 4.62. The van der Waals surface area contributed by atoms with Crippen LogP contribution in [0.3, 0.4) is 0 Å². The topological polar surface area (TPSA) is 53.4 Å². The number of hydrogen-bond acceptors (Lipinski definition) is 4. The van der Waals surface area contributed by atoms with E-state index in [4.69, 9.17) is 32.7 Å². The monoisotopic (exact) mass is 378 g/mol. The number of aromatic nitrogens is 2. The molecule has 0 N–H and O–H groups in total. The van der Waals surface area contributed by atoms with E-state index in [0.29, 0.717) is 39.3 Å². The highest BCUT2D eigenvalue weighted by Gasteiger charge is 2.17. The van der Waals surface area contributed by atoms with Crippen molar-refractivity contribution in [2.45, 2.75) is 13.5 Å². The van der Waals surface area contributed by atoms with Gasteiger partial charge in [0, 0.05) is 35.3 Å². The third-order valence-electron chi connectivity index (χ3n) is 4.02. The number of ether oxygens (including phenoxy) is 2. The van der Waals surface area contributed by atoms with Gasteiger partial charge in [-0.25, -0.2) is 4.98 Å². The number of methoxy groups -OCH3 is 2. The van der Waals surface area contributed by atoms with Crippen molar-refractivity contribution in [1.29, 1.82) is 0 Å². The van der Waals surface area contributed by atoms with Gasteiger partial charge in [0.1, 0.15) is 16.7 Å². The normalized spacial score (nSPS) is 10.9. The summed E-state index contributed by atoms with van der Waals surface area (Å²) >= 11 is 12.4. The van der Waals surface area contributed by atoms with Crippen molar-refractivity contribution in [2.24, 2.45) is 0 Å². The molecule has 0 radical (unpaired) electrons. The maximum atomic E-state index is 13.0. The van der Waals surface area contributed by atoms with Crippen LogP contribution in [0.5, 0.6) is 11.5 Å². The van der Waals surface area contributed by atoms with E-state index < -0.39 is 0 Å². The molecule has 0 unspecified atom stereocenters. The van der Waals surface area contributed by atoms with Crippen LogP contribution >= 0.6 is 23.2 Å². The molecule has 25 heavy (non-hydrogen) atoms. The van der Waals surface area contributed by atoms with E-state index in [0.717, 1.165) is 10.9 Å². The number of aryl methyl sites for hydroxylation is 1. The molecule has 0 saturated carbocycles. The van der Waals surface area contributed by atoms with Gasteiger partial charge in [-0.2, -0.15) is 0 Å². The summed E-state index contributed by atoms with van der Waals surface area (Å²) in [6.45, 7) is 2.38. The van der Waals surface area contributed by atoms with Crippen molar-refractivity contribution in [3.63, 3.8) is 0 Å². The smallest absolute Gasteiger partial charge is 0.258 e. The van der Waals surface area contributed by atoms with Crippen LogP contribution in [-0.2, 0) is 6.54 Å². The zero-order chi connectivity index (χ0) is 18.1. The lowest BCUT2D eigenvalue weighted by Gasteiger charge is -2.14. The maximum Gasteiger partial charge on any atom is 0.258 e. The third kappa shape index (κ3) is 3.05. The van der Waals surface area contributed by atoms with E-state index in [1.165, 1.54) is 7.11 Å². The fourth-order valence-electron chi connectivity index (χ4n) is 2.79. The van der Waals surface area contributed by atoms with Gasteiger partial charge in [-0.05, 0) is 25.1 Å². The lowest BCUT2D eigenvalue weighted by molar-refractivity contribution is 0.395. The molecular formula is C18H16Cl2N2O3. The quantitative estimate of drug-likeness (QED) is 0.631. The van der Waals surface area contributed by atoms with Crippen LogP contribution in [0.25, 0.3) is 22.0 Å². The molecule has 0 atom stereocenters. The SMILES string of the molecule is CCn1c(=O)c(-c2cc(OC)cc(OC)c2Cl)cc2cnc(Cl)cc21. The Hall–Kier alpha value is -2.24. The van der Waals surface area contributed by atoms with Gasteiger partial charge in [0.15, 0.2) is 0 Å². The van der Waals surface area contributed by atoms with Crippen molar-refractivity contribution >= 4 is 34.1 Å². The number of fused-ring (bicyclic) bond motifs is 1. The average Bonchev–Trinajstić information content (AvgIpc) is 2.62. The summed E-state index contributed by atoms with van der Waals surface area (Å²) in [4.78, 5) is 17.1. The molecule has 0 fully saturated rings. The summed E-state index contributed by atoms with van der Waals surface area (Å²) < 4.78 is 12.2. The van der Waals surface area contributed by atoms with Crippen LogP contribution in [0.15, 0.2) is 35.3 Å². The van der Waals surface area contributed by atoms with E-state index in [-0.39, 0.29) is 5.56 Å². The maximum absolute atomic E-state index is 13.0. The van der Waals surface area contributed by atoms with E-state index in [2.05, 4.69) is 4.98 Å². The molecule has 0 aliphatic heterocycles. The van der Waals surface area contributed by atoms with E-state index in [1.807, 2.05) is 6.92 Å². The summed E-state index contributed by atoms with van der Waals surface area (Å²) in [6.07, 6.45) is 1.64. The Balaban J connectivity index is 2.39. The Morgan fingerprint density at radius 1 is 1.08 bits per heavy atom. The Kier molecular flexibility index (Phi) is 4.88. The van der Waals surface area contributed by atoms with E-state index >= 15 is 0 Å². The number of pyridine rings is 2. The predicted octanol–water partition coefficient (Wildman–Crippen LogP) is 4.41. The van der Waals surface area contributed by atoms with Gasteiger partial charge >= 0.3 is 0 Å². The summed E-state index contributed by atoms with van der Waals surface area (Å²) in [6, 6.07) is 6.83. The summed E-state index contributed by atoms with van der Waals surface area (Å²) in [5.74, 6) is 0.987. The minimum atomic E-state index is -0.172. The van der Waals surface area contributed by atoms with Crippen LogP contribution in [0, 0.1) is 0 Å². The first-order valence-corrected chi connectivity index (χ1v) is 8.36. The van der Waals surface area contributed by atoms with Gasteiger partial charge in [-0.3, -0.25) is 4.79 Å². The fourth-order valence-corrected chi connectivity index (χ4v) is 3.23. The largest absolute Gasteiger partial charge is 0.497 e. The molecule has 0 aliphatic rings. The standard InChI is InChI=1S/C18H16Cl2N2O3/c1-4-22-14-8-16(19)21-9-10(14)5-13(18(22)23)12-6-11(24-2)7-15(25-3)17(12)20/h5-9H,4H2,1-3H3. The molecule has 0 spiro atoms. The summed E-state index contributed by atoms with van der Waals surface area (Å²) in [5.41, 5.74) is 1.54. The first-order valence-electron chi connectivity index (χ1n) is 7.61. The highest BCUT2D eigenvalue weighted by molar-refractivity contribution is 6.35. The van der Waals surface area contributed by atoms with Gasteiger partial charge in [-0.15, -0.1) is 0 Å². The molecule has 0 bridgehead atoms. The molecular weight excluding hydrogens is 363 g/mol. The molecule has 5 nitrogen and oxygen atoms in total. The molecule has 0 aliphatic carbocycles. The second-order valence-corrected chi connectivity index (χ2v) is 6.13. The molecule has 7 heteroatoms. The van der Waals surface area contributed by atoms with Crippen LogP contribution in [0.4, 0.5) is 0 Å². The molecule has 3 rings (SSSR count). The lowest BCUT2D eigenvalue weighted by Crippen LogP contribution is -2.21. The van der Waals surface area contributed by atoms with Gasteiger partial charge in [0.05, 0.1) is 24.8 Å². The average molecular weight is 379 g/mol. The van der Waals surface area contributed by atoms with Gasteiger partial charge in [0.2, 0.25) is 0 Å². The van der Waals surface area contributed by atoms with Gasteiger partial charge in [0.25, 0.3) is 5.56 Å². The van der Waals surface area contributed by atoms with Crippen LogP contribution in [-0.4, -0.2) is 23.8 Å². The first kappa shape index (κ1) is 17.6. The molecule has 2 aromatic heterocycles. The highest BCUT2D eigenvalue weighted by atomic mass is 35.5. The molecule has 1 aromatic carbocycles. The second-order valence-electron chi connectivity index (χ2n) is 5.36.